The fourth-order valence-corrected chi connectivity index (χ4v) is 1.49. The van der Waals surface area contributed by atoms with Gasteiger partial charge in [0.1, 0.15) is 0 Å². The van der Waals surface area contributed by atoms with E-state index in [1.54, 1.807) is 18.7 Å². The molecule has 0 unspecified atom stereocenters. The van der Waals surface area contributed by atoms with Gasteiger partial charge in [-0.15, -0.1) is 0 Å². The molecule has 2 aromatic rings. The Morgan fingerprint density at radius 1 is 1.13 bits per heavy atom. The number of H-pyrrole nitrogens is 1. The van der Waals surface area contributed by atoms with Gasteiger partial charge in [-0.05, 0) is 31.9 Å². The molecule has 1 aromatic heterocycles. The monoisotopic (exact) mass is 222 g/mol. The number of hydrogen-bond donors (Lipinski definition) is 1. The molecule has 2 rings (SSSR count). The fourth-order valence-electron chi connectivity index (χ4n) is 1.38. The van der Waals surface area contributed by atoms with Crippen LogP contribution in [0.4, 0.5) is 0 Å². The van der Waals surface area contributed by atoms with Crippen molar-refractivity contribution in [2.45, 2.75) is 20.8 Å². The van der Waals surface area contributed by atoms with E-state index in [9.17, 15) is 0 Å². The van der Waals surface area contributed by atoms with E-state index in [1.807, 2.05) is 13.8 Å². The lowest BCUT2D eigenvalue weighted by Gasteiger charge is -2.02. The number of rotatable bonds is 0. The molecule has 0 amide bonds. The third-order valence-electron chi connectivity index (χ3n) is 1.99. The Hall–Kier alpha value is -1.28. The average molecular weight is 223 g/mol. The molecule has 0 spiro atoms. The predicted octanol–water partition coefficient (Wildman–Crippen LogP) is 3.67. The maximum Gasteiger partial charge on any atom is 0.0919 e. The molecule has 15 heavy (non-hydrogen) atoms. The van der Waals surface area contributed by atoms with E-state index in [1.165, 1.54) is 16.7 Å². The Kier molecular flexibility index (Phi) is 4.37. The molecule has 1 N–H and O–H groups in total. The van der Waals surface area contributed by atoms with Gasteiger partial charge < -0.3 is 4.98 Å². The molecule has 2 nitrogen and oxygen atoms in total. The first kappa shape index (κ1) is 11.8. The zero-order chi connectivity index (χ0) is 11.3. The van der Waals surface area contributed by atoms with E-state index < -0.39 is 0 Å². The topological polar surface area (TPSA) is 28.7 Å². The zero-order valence-corrected chi connectivity index (χ0v) is 9.97. The number of aromatic nitrogens is 2. The lowest BCUT2D eigenvalue weighted by atomic mass is 10.1. The molecule has 0 saturated heterocycles. The van der Waals surface area contributed by atoms with Crippen molar-refractivity contribution < 1.29 is 0 Å². The van der Waals surface area contributed by atoms with Crippen molar-refractivity contribution in [2.24, 2.45) is 0 Å². The second kappa shape index (κ2) is 5.56. The predicted molar refractivity (Wildman–Crippen MR) is 64.3 cm³/mol. The second-order valence-electron chi connectivity index (χ2n) is 3.47. The SMILES string of the molecule is Cc1cc(C)c(Cl)c(C)c1.c1c[nH]cn1. The highest BCUT2D eigenvalue weighted by molar-refractivity contribution is 6.32. The smallest absolute Gasteiger partial charge is 0.0919 e. The third kappa shape index (κ3) is 3.76. The van der Waals surface area contributed by atoms with Crippen LogP contribution in [0.1, 0.15) is 16.7 Å². The van der Waals surface area contributed by atoms with E-state index >= 15 is 0 Å². The van der Waals surface area contributed by atoms with E-state index in [-0.39, 0.29) is 0 Å². The molecule has 0 fully saturated rings. The van der Waals surface area contributed by atoms with Crippen LogP contribution in [0.3, 0.4) is 0 Å². The highest BCUT2D eigenvalue weighted by Gasteiger charge is 1.98. The molecule has 80 valence electrons. The summed E-state index contributed by atoms with van der Waals surface area (Å²) in [6.07, 6.45) is 5.08. The number of aromatic amines is 1. The van der Waals surface area contributed by atoms with E-state index in [0.717, 1.165) is 5.02 Å². The normalized spacial score (nSPS) is 9.33. The zero-order valence-electron chi connectivity index (χ0n) is 9.21. The van der Waals surface area contributed by atoms with Gasteiger partial charge in [-0.1, -0.05) is 29.3 Å². The molecular formula is C12H15ClN2. The van der Waals surface area contributed by atoms with Crippen LogP contribution < -0.4 is 0 Å². The summed E-state index contributed by atoms with van der Waals surface area (Å²) >= 11 is 5.95. The van der Waals surface area contributed by atoms with Crippen LogP contribution in [0, 0.1) is 20.8 Å². The van der Waals surface area contributed by atoms with Crippen LogP contribution in [0.5, 0.6) is 0 Å². The molecule has 1 heterocycles. The average Bonchev–Trinajstić information content (AvgIpc) is 2.71. The van der Waals surface area contributed by atoms with Crippen LogP contribution >= 0.6 is 11.6 Å². The first-order chi connectivity index (χ1) is 7.11. The quantitative estimate of drug-likeness (QED) is 0.724. The minimum Gasteiger partial charge on any atom is -0.351 e. The third-order valence-corrected chi connectivity index (χ3v) is 2.58. The first-order valence-corrected chi connectivity index (χ1v) is 5.15. The fraction of sp³-hybridized carbons (Fsp3) is 0.250. The van der Waals surface area contributed by atoms with Gasteiger partial charge in [-0.2, -0.15) is 0 Å². The molecule has 0 bridgehead atoms. The Bertz CT molecular complexity index is 367. The lowest BCUT2D eigenvalue weighted by molar-refractivity contribution is 1.31. The van der Waals surface area contributed by atoms with Gasteiger partial charge in [0.25, 0.3) is 0 Å². The van der Waals surface area contributed by atoms with Crippen LogP contribution in [0.15, 0.2) is 30.9 Å². The van der Waals surface area contributed by atoms with Gasteiger partial charge >= 0.3 is 0 Å². The minimum atomic E-state index is 0.894. The van der Waals surface area contributed by atoms with Crippen molar-refractivity contribution in [3.05, 3.63) is 52.6 Å². The van der Waals surface area contributed by atoms with Crippen molar-refractivity contribution in [1.82, 2.24) is 9.97 Å². The summed E-state index contributed by atoms with van der Waals surface area (Å²) in [5.74, 6) is 0. The first-order valence-electron chi connectivity index (χ1n) is 4.77. The van der Waals surface area contributed by atoms with Gasteiger partial charge in [-0.25, -0.2) is 4.98 Å². The van der Waals surface area contributed by atoms with Crippen molar-refractivity contribution in [3.63, 3.8) is 0 Å². The molecule has 0 atom stereocenters. The summed E-state index contributed by atoms with van der Waals surface area (Å²) < 4.78 is 0. The molecule has 1 aromatic carbocycles. The maximum absolute atomic E-state index is 5.95. The highest BCUT2D eigenvalue weighted by atomic mass is 35.5. The Balaban J connectivity index is 0.000000187. The summed E-state index contributed by atoms with van der Waals surface area (Å²) in [5.41, 5.74) is 3.61. The standard InChI is InChI=1S/C9H11Cl.C3H4N2/c1-6-4-7(2)9(10)8(3)5-6;1-2-5-3-4-1/h4-5H,1-3H3;1-3H,(H,4,5). The number of nitrogens with one attached hydrogen (secondary N) is 1. The molecule has 0 aliphatic rings. The van der Waals surface area contributed by atoms with Crippen molar-refractivity contribution in [2.75, 3.05) is 0 Å². The maximum atomic E-state index is 5.95. The summed E-state index contributed by atoms with van der Waals surface area (Å²) in [6.45, 7) is 6.14. The minimum absolute atomic E-state index is 0.894. The van der Waals surface area contributed by atoms with E-state index in [4.69, 9.17) is 11.6 Å². The highest BCUT2D eigenvalue weighted by Crippen LogP contribution is 2.20. The number of benzene rings is 1. The lowest BCUT2D eigenvalue weighted by Crippen LogP contribution is -1.82. The van der Waals surface area contributed by atoms with Crippen molar-refractivity contribution in [1.29, 1.82) is 0 Å². The Morgan fingerprint density at radius 2 is 1.73 bits per heavy atom. The largest absolute Gasteiger partial charge is 0.351 e. The molecular weight excluding hydrogens is 208 g/mol. The molecule has 0 radical (unpaired) electrons. The Labute approximate surface area is 95.3 Å². The molecule has 3 heteroatoms. The summed E-state index contributed by atoms with van der Waals surface area (Å²) in [7, 11) is 0. The van der Waals surface area contributed by atoms with Gasteiger partial charge in [-0.3, -0.25) is 0 Å². The van der Waals surface area contributed by atoms with Gasteiger partial charge in [0.05, 0.1) is 6.33 Å². The van der Waals surface area contributed by atoms with Gasteiger partial charge in [0, 0.05) is 17.4 Å². The van der Waals surface area contributed by atoms with Crippen LogP contribution in [-0.4, -0.2) is 9.97 Å². The second-order valence-corrected chi connectivity index (χ2v) is 3.85. The van der Waals surface area contributed by atoms with E-state index in [2.05, 4.69) is 29.0 Å². The summed E-state index contributed by atoms with van der Waals surface area (Å²) in [5, 5.41) is 0.894. The van der Waals surface area contributed by atoms with Crippen LogP contribution in [0.25, 0.3) is 0 Å². The van der Waals surface area contributed by atoms with Crippen molar-refractivity contribution >= 4 is 11.6 Å². The van der Waals surface area contributed by atoms with Crippen molar-refractivity contribution in [3.8, 4) is 0 Å². The van der Waals surface area contributed by atoms with Crippen LogP contribution in [0.2, 0.25) is 5.02 Å². The molecule has 0 aliphatic carbocycles. The van der Waals surface area contributed by atoms with E-state index in [0.29, 0.717) is 0 Å². The summed E-state index contributed by atoms with van der Waals surface area (Å²) in [4.78, 5) is 6.42. The molecule has 0 aliphatic heterocycles. The number of hydrogen-bond acceptors (Lipinski definition) is 1. The van der Waals surface area contributed by atoms with Crippen LogP contribution in [-0.2, 0) is 0 Å². The Morgan fingerprint density at radius 3 is 2.07 bits per heavy atom. The number of imidazole rings is 1. The number of halogens is 1. The summed E-state index contributed by atoms with van der Waals surface area (Å²) in [6, 6.07) is 4.19. The van der Waals surface area contributed by atoms with Gasteiger partial charge in [0.2, 0.25) is 0 Å². The van der Waals surface area contributed by atoms with Gasteiger partial charge in [0.15, 0.2) is 0 Å². The number of nitrogens with zero attached hydrogens (tertiary/aromatic N) is 1. The molecule has 0 saturated carbocycles. The number of aryl methyl sites for hydroxylation is 3.